The topological polar surface area (TPSA) is 58.6 Å². The molecular formula is C22H28N2O3S. The number of thiophene rings is 1. The van der Waals surface area contributed by atoms with E-state index in [2.05, 4.69) is 47.1 Å². The highest BCUT2D eigenvalue weighted by Gasteiger charge is 2.42. The number of piperidine rings is 1. The molecule has 1 aliphatic heterocycles. The van der Waals surface area contributed by atoms with Crippen molar-refractivity contribution in [2.24, 2.45) is 5.41 Å². The number of carbonyl (C=O) groups is 2. The smallest absolute Gasteiger partial charge is 0.248 e. The first kappa shape index (κ1) is 20.6. The normalized spacial score (nSPS) is 16.0. The third kappa shape index (κ3) is 4.62. The van der Waals surface area contributed by atoms with E-state index < -0.39 is 5.41 Å². The molecule has 0 bridgehead atoms. The predicted molar refractivity (Wildman–Crippen MR) is 112 cm³/mol. The molecule has 1 saturated heterocycles. The molecular weight excluding hydrogens is 372 g/mol. The fourth-order valence-corrected chi connectivity index (χ4v) is 4.62. The van der Waals surface area contributed by atoms with Crippen molar-refractivity contribution in [2.45, 2.75) is 26.2 Å². The van der Waals surface area contributed by atoms with Crippen molar-refractivity contribution in [2.75, 3.05) is 33.4 Å². The van der Waals surface area contributed by atoms with Crippen LogP contribution in [-0.2, 0) is 20.7 Å². The average molecular weight is 401 g/mol. The molecule has 0 aliphatic carbocycles. The SMILES string of the molecule is CCNC(=O)C1(Cc2cccc(-c3cccs3)c2)CCN(C(=O)COC)CC1. The van der Waals surface area contributed by atoms with E-state index in [4.69, 9.17) is 4.74 Å². The number of hydrogen-bond acceptors (Lipinski definition) is 4. The molecule has 2 aromatic rings. The van der Waals surface area contributed by atoms with Crippen LogP contribution in [0, 0.1) is 5.41 Å². The lowest BCUT2D eigenvalue weighted by Crippen LogP contribution is -2.51. The summed E-state index contributed by atoms with van der Waals surface area (Å²) >= 11 is 1.72. The molecule has 0 atom stereocenters. The Morgan fingerprint density at radius 1 is 1.21 bits per heavy atom. The van der Waals surface area contributed by atoms with Gasteiger partial charge in [0.05, 0.1) is 5.41 Å². The molecule has 6 heteroatoms. The lowest BCUT2D eigenvalue weighted by atomic mass is 9.72. The highest BCUT2D eigenvalue weighted by Crippen LogP contribution is 2.37. The molecule has 0 unspecified atom stereocenters. The van der Waals surface area contributed by atoms with Gasteiger partial charge in [0.15, 0.2) is 0 Å². The molecule has 1 fully saturated rings. The fraction of sp³-hybridized carbons (Fsp3) is 0.455. The lowest BCUT2D eigenvalue weighted by molar-refractivity contribution is -0.142. The van der Waals surface area contributed by atoms with Gasteiger partial charge in [0.25, 0.3) is 0 Å². The Hall–Kier alpha value is -2.18. The van der Waals surface area contributed by atoms with Crippen LogP contribution in [-0.4, -0.2) is 50.1 Å². The molecule has 2 heterocycles. The van der Waals surface area contributed by atoms with Gasteiger partial charge in [-0.15, -0.1) is 11.3 Å². The number of likely N-dealkylation sites (tertiary alicyclic amines) is 1. The summed E-state index contributed by atoms with van der Waals surface area (Å²) in [4.78, 5) is 28.2. The predicted octanol–water partition coefficient (Wildman–Crippen LogP) is 3.35. The Kier molecular flexibility index (Phi) is 6.86. The molecule has 1 aliphatic rings. The Bertz CT molecular complexity index is 796. The second-order valence-electron chi connectivity index (χ2n) is 7.31. The number of carbonyl (C=O) groups excluding carboxylic acids is 2. The van der Waals surface area contributed by atoms with E-state index in [1.807, 2.05) is 11.8 Å². The maximum absolute atomic E-state index is 13.0. The van der Waals surface area contributed by atoms with Crippen LogP contribution < -0.4 is 5.32 Å². The summed E-state index contributed by atoms with van der Waals surface area (Å²) in [5, 5.41) is 5.10. The van der Waals surface area contributed by atoms with Gasteiger partial charge in [-0.3, -0.25) is 9.59 Å². The van der Waals surface area contributed by atoms with Crippen molar-refractivity contribution in [3.8, 4) is 10.4 Å². The Balaban J connectivity index is 1.79. The summed E-state index contributed by atoms with van der Waals surface area (Å²) in [6.07, 6.45) is 2.01. The van der Waals surface area contributed by atoms with Crippen molar-refractivity contribution in [3.05, 3.63) is 47.3 Å². The zero-order chi connectivity index (χ0) is 20.0. The van der Waals surface area contributed by atoms with Crippen molar-refractivity contribution in [1.29, 1.82) is 0 Å². The van der Waals surface area contributed by atoms with Crippen molar-refractivity contribution in [1.82, 2.24) is 10.2 Å². The zero-order valence-corrected chi connectivity index (χ0v) is 17.4. The molecule has 1 aromatic carbocycles. The summed E-state index contributed by atoms with van der Waals surface area (Å²) in [5.74, 6) is 0.0852. The summed E-state index contributed by atoms with van der Waals surface area (Å²) < 4.78 is 4.97. The van der Waals surface area contributed by atoms with Gasteiger partial charge in [-0.25, -0.2) is 0 Å². The molecule has 150 valence electrons. The van der Waals surface area contributed by atoms with Gasteiger partial charge >= 0.3 is 0 Å². The molecule has 5 nitrogen and oxygen atoms in total. The number of ether oxygens (including phenoxy) is 1. The first-order valence-corrected chi connectivity index (χ1v) is 10.6. The number of nitrogens with zero attached hydrogens (tertiary/aromatic N) is 1. The quantitative estimate of drug-likeness (QED) is 0.775. The largest absolute Gasteiger partial charge is 0.375 e. The van der Waals surface area contributed by atoms with Crippen molar-refractivity contribution < 1.29 is 14.3 Å². The summed E-state index contributed by atoms with van der Waals surface area (Å²) in [6, 6.07) is 12.6. The Morgan fingerprint density at radius 3 is 2.64 bits per heavy atom. The summed E-state index contributed by atoms with van der Waals surface area (Å²) in [7, 11) is 1.53. The maximum atomic E-state index is 13.0. The van der Waals surface area contributed by atoms with E-state index >= 15 is 0 Å². The third-order valence-electron chi connectivity index (χ3n) is 5.44. The highest BCUT2D eigenvalue weighted by atomic mass is 32.1. The zero-order valence-electron chi connectivity index (χ0n) is 16.6. The number of amides is 2. The monoisotopic (exact) mass is 400 g/mol. The van der Waals surface area contributed by atoms with Crippen LogP contribution in [0.1, 0.15) is 25.3 Å². The molecule has 3 rings (SSSR count). The molecule has 28 heavy (non-hydrogen) atoms. The minimum Gasteiger partial charge on any atom is -0.375 e. The van der Waals surface area contributed by atoms with E-state index in [0.717, 1.165) is 5.56 Å². The molecule has 0 saturated carbocycles. The number of methoxy groups -OCH3 is 1. The number of rotatable bonds is 7. The molecule has 1 N–H and O–H groups in total. The van der Waals surface area contributed by atoms with Crippen LogP contribution >= 0.6 is 11.3 Å². The van der Waals surface area contributed by atoms with Crippen molar-refractivity contribution >= 4 is 23.2 Å². The Morgan fingerprint density at radius 2 is 2.00 bits per heavy atom. The van der Waals surface area contributed by atoms with Gasteiger partial charge in [-0.05, 0) is 48.8 Å². The fourth-order valence-electron chi connectivity index (χ4n) is 3.90. The number of hydrogen-bond donors (Lipinski definition) is 1. The minimum absolute atomic E-state index is 0.00769. The van der Waals surface area contributed by atoms with Gasteiger partial charge in [-0.2, -0.15) is 0 Å². The number of nitrogens with one attached hydrogen (secondary N) is 1. The van der Waals surface area contributed by atoms with Crippen LogP contribution in [0.25, 0.3) is 10.4 Å². The maximum Gasteiger partial charge on any atom is 0.248 e. The molecule has 2 amide bonds. The van der Waals surface area contributed by atoms with Gasteiger partial charge in [0.1, 0.15) is 6.61 Å². The second-order valence-corrected chi connectivity index (χ2v) is 8.26. The van der Waals surface area contributed by atoms with E-state index in [0.29, 0.717) is 38.9 Å². The van der Waals surface area contributed by atoms with Gasteiger partial charge < -0.3 is 15.0 Å². The molecule has 0 radical (unpaired) electrons. The van der Waals surface area contributed by atoms with Gasteiger partial charge in [0.2, 0.25) is 11.8 Å². The third-order valence-corrected chi connectivity index (χ3v) is 6.35. The number of benzene rings is 1. The lowest BCUT2D eigenvalue weighted by Gasteiger charge is -2.40. The van der Waals surface area contributed by atoms with E-state index in [9.17, 15) is 9.59 Å². The van der Waals surface area contributed by atoms with Crippen LogP contribution in [0.5, 0.6) is 0 Å². The van der Waals surface area contributed by atoms with Crippen molar-refractivity contribution in [3.63, 3.8) is 0 Å². The highest BCUT2D eigenvalue weighted by molar-refractivity contribution is 7.13. The minimum atomic E-state index is -0.478. The molecule has 0 spiro atoms. The van der Waals surface area contributed by atoms with Gasteiger partial charge in [0, 0.05) is 31.6 Å². The van der Waals surface area contributed by atoms with Crippen LogP contribution in [0.2, 0.25) is 0 Å². The van der Waals surface area contributed by atoms with E-state index in [1.165, 1.54) is 17.6 Å². The van der Waals surface area contributed by atoms with Gasteiger partial charge in [-0.1, -0.05) is 30.3 Å². The standard InChI is InChI=1S/C22H28N2O3S/c1-3-23-21(26)22(9-11-24(12-10-22)20(25)16-27-2)15-17-6-4-7-18(14-17)19-8-5-13-28-19/h4-8,13-14H,3,9-12,15-16H2,1-2H3,(H,23,26). The first-order chi connectivity index (χ1) is 13.6. The van der Waals surface area contributed by atoms with Crippen LogP contribution in [0.3, 0.4) is 0 Å². The Labute approximate surface area is 170 Å². The van der Waals surface area contributed by atoms with E-state index in [-0.39, 0.29) is 18.4 Å². The summed E-state index contributed by atoms with van der Waals surface area (Å²) in [5.41, 5.74) is 1.87. The second kappa shape index (κ2) is 9.34. The summed E-state index contributed by atoms with van der Waals surface area (Å²) in [6.45, 7) is 3.83. The first-order valence-electron chi connectivity index (χ1n) is 9.76. The molecule has 1 aromatic heterocycles. The average Bonchev–Trinajstić information content (AvgIpc) is 3.24. The van der Waals surface area contributed by atoms with Crippen LogP contribution in [0.4, 0.5) is 0 Å². The van der Waals surface area contributed by atoms with E-state index in [1.54, 1.807) is 11.3 Å². The van der Waals surface area contributed by atoms with Crippen LogP contribution in [0.15, 0.2) is 41.8 Å².